The highest BCUT2D eigenvalue weighted by Crippen LogP contribution is 2.15. The lowest BCUT2D eigenvalue weighted by Crippen LogP contribution is -2.21. The Bertz CT molecular complexity index is 785. The van der Waals surface area contributed by atoms with Crippen molar-refractivity contribution in [2.24, 2.45) is 0 Å². The van der Waals surface area contributed by atoms with Crippen molar-refractivity contribution in [2.45, 2.75) is 0 Å². The molecule has 0 radical (unpaired) electrons. The first-order valence-corrected chi connectivity index (χ1v) is 8.36. The Morgan fingerprint density at radius 2 is 2.00 bits per heavy atom. The summed E-state index contributed by atoms with van der Waals surface area (Å²) in [5, 5.41) is 0.430. The van der Waals surface area contributed by atoms with E-state index in [1.54, 1.807) is 25.4 Å². The largest absolute Gasteiger partial charge is 0.382 e. The second kappa shape index (κ2) is 7.39. The van der Waals surface area contributed by atoms with Gasteiger partial charge in [0, 0.05) is 36.0 Å². The molecule has 0 aliphatic heterocycles. The van der Waals surface area contributed by atoms with E-state index in [1.165, 1.54) is 12.1 Å². The highest BCUT2D eigenvalue weighted by atomic mass is 32.2. The number of hydrogen-bond donors (Lipinski definition) is 2. The lowest BCUT2D eigenvalue weighted by molar-refractivity contribution is 0.0785. The van der Waals surface area contributed by atoms with Crippen LogP contribution in [0.25, 0.3) is 10.9 Å². The van der Waals surface area contributed by atoms with Crippen LogP contribution in [0.4, 0.5) is 5.69 Å². The van der Waals surface area contributed by atoms with Crippen molar-refractivity contribution in [3.8, 4) is 0 Å². The molecule has 0 amide bonds. The molecule has 22 heavy (non-hydrogen) atoms. The van der Waals surface area contributed by atoms with Crippen molar-refractivity contribution >= 4 is 26.6 Å². The first-order chi connectivity index (χ1) is 10.5. The number of benzene rings is 1. The quantitative estimate of drug-likeness (QED) is 0.703. The van der Waals surface area contributed by atoms with Gasteiger partial charge in [-0.2, -0.15) is 0 Å². The molecule has 1 heterocycles. The van der Waals surface area contributed by atoms with Gasteiger partial charge in [-0.3, -0.25) is 9.52 Å². The molecule has 1 aromatic heterocycles. The Kier molecular flexibility index (Phi) is 5.53. The molecule has 7 nitrogen and oxygen atoms in total. The van der Waals surface area contributed by atoms with Crippen molar-refractivity contribution in [1.82, 2.24) is 4.98 Å². The van der Waals surface area contributed by atoms with Gasteiger partial charge in [-0.1, -0.05) is 0 Å². The molecule has 0 bridgehead atoms. The van der Waals surface area contributed by atoms with Crippen LogP contribution >= 0.6 is 0 Å². The normalized spacial score (nSPS) is 11.7. The van der Waals surface area contributed by atoms with E-state index >= 15 is 0 Å². The van der Waals surface area contributed by atoms with Gasteiger partial charge in [-0.05, 0) is 18.2 Å². The number of pyridine rings is 1. The van der Waals surface area contributed by atoms with Gasteiger partial charge in [0.15, 0.2) is 5.43 Å². The van der Waals surface area contributed by atoms with E-state index in [2.05, 4.69) is 9.71 Å². The van der Waals surface area contributed by atoms with Crippen molar-refractivity contribution in [3.63, 3.8) is 0 Å². The predicted octanol–water partition coefficient (Wildman–Crippen LogP) is 0.933. The minimum absolute atomic E-state index is 0.0762. The number of fused-ring (bicyclic) bond motifs is 1. The van der Waals surface area contributed by atoms with Gasteiger partial charge in [0.1, 0.15) is 0 Å². The van der Waals surface area contributed by atoms with Crippen molar-refractivity contribution in [2.75, 3.05) is 37.4 Å². The summed E-state index contributed by atoms with van der Waals surface area (Å²) >= 11 is 0. The van der Waals surface area contributed by atoms with E-state index in [-0.39, 0.29) is 17.8 Å². The Morgan fingerprint density at radius 3 is 2.77 bits per heavy atom. The molecular weight excluding hydrogens is 308 g/mol. The molecule has 1 aromatic carbocycles. The Labute approximate surface area is 128 Å². The van der Waals surface area contributed by atoms with Crippen LogP contribution in [-0.2, 0) is 19.5 Å². The van der Waals surface area contributed by atoms with Crippen molar-refractivity contribution in [1.29, 1.82) is 0 Å². The molecular formula is C14H18N2O5S. The number of aromatic nitrogens is 1. The minimum Gasteiger partial charge on any atom is -0.382 e. The van der Waals surface area contributed by atoms with Gasteiger partial charge >= 0.3 is 0 Å². The molecule has 0 atom stereocenters. The third-order valence-electron chi connectivity index (χ3n) is 2.96. The topological polar surface area (TPSA) is 97.5 Å². The summed E-state index contributed by atoms with van der Waals surface area (Å²) < 4.78 is 36.3. The number of nitrogens with one attached hydrogen (secondary N) is 2. The first kappa shape index (κ1) is 16.5. The van der Waals surface area contributed by atoms with Crippen LogP contribution in [0.15, 0.2) is 35.3 Å². The zero-order valence-electron chi connectivity index (χ0n) is 12.2. The maximum atomic E-state index is 11.9. The molecule has 0 aliphatic rings. The summed E-state index contributed by atoms with van der Waals surface area (Å²) in [5.74, 6) is -0.167. The molecule has 0 saturated heterocycles. The molecule has 0 fully saturated rings. The number of ether oxygens (including phenoxy) is 2. The van der Waals surface area contributed by atoms with Gasteiger partial charge in [-0.25, -0.2) is 8.42 Å². The lowest BCUT2D eigenvalue weighted by Gasteiger charge is -2.09. The van der Waals surface area contributed by atoms with Crippen LogP contribution in [0.2, 0.25) is 0 Å². The maximum absolute atomic E-state index is 11.9. The molecule has 2 aromatic rings. The smallest absolute Gasteiger partial charge is 0.234 e. The van der Waals surface area contributed by atoms with Crippen LogP contribution in [0, 0.1) is 0 Å². The van der Waals surface area contributed by atoms with E-state index in [0.717, 1.165) is 0 Å². The lowest BCUT2D eigenvalue weighted by atomic mass is 10.2. The van der Waals surface area contributed by atoms with Gasteiger partial charge < -0.3 is 14.5 Å². The van der Waals surface area contributed by atoms with Gasteiger partial charge in [0.25, 0.3) is 0 Å². The van der Waals surface area contributed by atoms with Crippen molar-refractivity contribution in [3.05, 3.63) is 40.7 Å². The second-order valence-electron chi connectivity index (χ2n) is 4.63. The molecule has 120 valence electrons. The van der Waals surface area contributed by atoms with E-state index in [1.807, 2.05) is 0 Å². The number of hydrogen-bond acceptors (Lipinski definition) is 5. The molecule has 0 saturated carbocycles. The van der Waals surface area contributed by atoms with Crippen LogP contribution in [0.3, 0.4) is 0 Å². The number of anilines is 1. The van der Waals surface area contributed by atoms with Gasteiger partial charge in [0.2, 0.25) is 10.0 Å². The van der Waals surface area contributed by atoms with Gasteiger partial charge in [0.05, 0.1) is 25.6 Å². The highest BCUT2D eigenvalue weighted by molar-refractivity contribution is 7.92. The van der Waals surface area contributed by atoms with E-state index < -0.39 is 10.0 Å². The molecule has 2 rings (SSSR count). The number of methoxy groups -OCH3 is 1. The standard InChI is InChI=1S/C14H18N2O5S/c1-20-6-7-21-8-9-22(18,19)16-11-2-3-13-12(10-11)14(17)4-5-15-13/h2-5,10,16H,6-9H2,1H3,(H,15,17). The molecule has 0 unspecified atom stereocenters. The number of H-pyrrole nitrogens is 1. The minimum atomic E-state index is -3.53. The second-order valence-corrected chi connectivity index (χ2v) is 6.47. The zero-order chi connectivity index (χ0) is 16.0. The maximum Gasteiger partial charge on any atom is 0.234 e. The Hall–Kier alpha value is -1.90. The first-order valence-electron chi connectivity index (χ1n) is 6.70. The Morgan fingerprint density at radius 1 is 1.18 bits per heavy atom. The summed E-state index contributed by atoms with van der Waals surface area (Å²) in [6.45, 7) is 0.838. The summed E-state index contributed by atoms with van der Waals surface area (Å²) in [6.07, 6.45) is 1.55. The SMILES string of the molecule is COCCOCCS(=O)(=O)Nc1ccc2[nH]ccc(=O)c2c1. The molecule has 2 N–H and O–H groups in total. The number of rotatable bonds is 8. The summed E-state index contributed by atoms with van der Waals surface area (Å²) in [7, 11) is -1.99. The van der Waals surface area contributed by atoms with Crippen LogP contribution in [0.5, 0.6) is 0 Å². The zero-order valence-corrected chi connectivity index (χ0v) is 13.0. The molecule has 8 heteroatoms. The van der Waals surface area contributed by atoms with E-state index in [4.69, 9.17) is 9.47 Å². The average Bonchev–Trinajstić information content (AvgIpc) is 2.47. The van der Waals surface area contributed by atoms with E-state index in [0.29, 0.717) is 29.8 Å². The summed E-state index contributed by atoms with van der Waals surface area (Å²) in [6, 6.07) is 6.16. The molecule has 0 aliphatic carbocycles. The molecule has 0 spiro atoms. The van der Waals surface area contributed by atoms with E-state index in [9.17, 15) is 13.2 Å². The monoisotopic (exact) mass is 326 g/mol. The van der Waals surface area contributed by atoms with Crippen LogP contribution in [0.1, 0.15) is 0 Å². The fraction of sp³-hybridized carbons (Fsp3) is 0.357. The third kappa shape index (κ3) is 4.55. The van der Waals surface area contributed by atoms with Gasteiger partial charge in [-0.15, -0.1) is 0 Å². The fourth-order valence-corrected chi connectivity index (χ4v) is 2.80. The van der Waals surface area contributed by atoms with Crippen LogP contribution < -0.4 is 10.2 Å². The number of aromatic amines is 1. The predicted molar refractivity (Wildman–Crippen MR) is 84.7 cm³/mol. The van der Waals surface area contributed by atoms with Crippen molar-refractivity contribution < 1.29 is 17.9 Å². The summed E-state index contributed by atoms with van der Waals surface area (Å²) in [4.78, 5) is 14.7. The average molecular weight is 326 g/mol. The summed E-state index contributed by atoms with van der Waals surface area (Å²) in [5.41, 5.74) is 0.831. The highest BCUT2D eigenvalue weighted by Gasteiger charge is 2.11. The number of sulfonamides is 1. The third-order valence-corrected chi connectivity index (χ3v) is 4.21. The van der Waals surface area contributed by atoms with Crippen LogP contribution in [-0.4, -0.2) is 46.1 Å². The Balaban J connectivity index is 2.03. The fourth-order valence-electron chi connectivity index (χ4n) is 1.88.